The Bertz CT molecular complexity index is 798. The zero-order chi connectivity index (χ0) is 15.7. The predicted octanol–water partition coefficient (Wildman–Crippen LogP) is 1.18. The number of H-pyrrole nitrogens is 1. The Labute approximate surface area is 125 Å². The van der Waals surface area contributed by atoms with Crippen molar-refractivity contribution in [2.45, 2.75) is 19.8 Å². The van der Waals surface area contributed by atoms with E-state index in [0.29, 0.717) is 24.1 Å². The van der Waals surface area contributed by atoms with Crippen molar-refractivity contribution in [1.29, 1.82) is 0 Å². The lowest BCUT2D eigenvalue weighted by Gasteiger charge is -2.20. The zero-order valence-electron chi connectivity index (χ0n) is 11.9. The number of nitrogens with zero attached hydrogens (tertiary/aromatic N) is 2. The van der Waals surface area contributed by atoms with Crippen molar-refractivity contribution in [2.24, 2.45) is 5.92 Å². The number of aromatic nitrogens is 3. The molecule has 22 heavy (non-hydrogen) atoms. The third-order valence-corrected chi connectivity index (χ3v) is 3.55. The molecule has 7 nitrogen and oxygen atoms in total. The van der Waals surface area contributed by atoms with E-state index in [4.69, 9.17) is 0 Å². The van der Waals surface area contributed by atoms with E-state index in [-0.39, 0.29) is 23.2 Å². The standard InChI is InChI=1S/C15H14N4O3/c1-8-5-11-9(12(20)6-8)7-10(13(21)18-11)14(22)19-15-16-3-2-4-17-15/h2-4,7-8H,5-6H2,1H3,(H,18,21)(H,16,17,19,22). The molecular weight excluding hydrogens is 284 g/mol. The summed E-state index contributed by atoms with van der Waals surface area (Å²) in [5, 5.41) is 2.44. The van der Waals surface area contributed by atoms with E-state index >= 15 is 0 Å². The average Bonchev–Trinajstić information content (AvgIpc) is 2.47. The first-order valence-electron chi connectivity index (χ1n) is 6.92. The van der Waals surface area contributed by atoms with Crippen LogP contribution in [0, 0.1) is 5.92 Å². The van der Waals surface area contributed by atoms with Gasteiger partial charge in [-0.25, -0.2) is 9.97 Å². The number of carbonyl (C=O) groups is 2. The molecule has 0 bridgehead atoms. The molecule has 7 heteroatoms. The van der Waals surface area contributed by atoms with Crippen LogP contribution in [0.4, 0.5) is 5.95 Å². The van der Waals surface area contributed by atoms with Gasteiger partial charge in [0.1, 0.15) is 5.56 Å². The highest BCUT2D eigenvalue weighted by molar-refractivity contribution is 6.06. The molecule has 2 aromatic rings. The largest absolute Gasteiger partial charge is 0.325 e. The van der Waals surface area contributed by atoms with Gasteiger partial charge in [0.05, 0.1) is 0 Å². The minimum Gasteiger partial charge on any atom is -0.325 e. The van der Waals surface area contributed by atoms with Gasteiger partial charge in [0.25, 0.3) is 11.5 Å². The molecule has 0 fully saturated rings. The Morgan fingerprint density at radius 2 is 2.00 bits per heavy atom. The summed E-state index contributed by atoms with van der Waals surface area (Å²) in [6.07, 6.45) is 4.00. The molecule has 2 heterocycles. The maximum absolute atomic E-state index is 12.2. The van der Waals surface area contributed by atoms with Crippen LogP contribution in [0.15, 0.2) is 29.3 Å². The number of ketones is 1. The first-order valence-corrected chi connectivity index (χ1v) is 6.92. The molecule has 1 atom stereocenters. The van der Waals surface area contributed by atoms with Crippen LogP contribution in [-0.4, -0.2) is 26.6 Å². The number of aromatic amines is 1. The maximum atomic E-state index is 12.2. The molecule has 2 N–H and O–H groups in total. The number of amides is 1. The van der Waals surface area contributed by atoms with E-state index in [9.17, 15) is 14.4 Å². The van der Waals surface area contributed by atoms with Gasteiger partial charge in [0.15, 0.2) is 5.78 Å². The van der Waals surface area contributed by atoms with Crippen molar-refractivity contribution in [2.75, 3.05) is 5.32 Å². The summed E-state index contributed by atoms with van der Waals surface area (Å²) in [6, 6.07) is 2.97. The number of rotatable bonds is 2. The number of fused-ring (bicyclic) bond motifs is 1. The van der Waals surface area contributed by atoms with Gasteiger partial charge >= 0.3 is 0 Å². The zero-order valence-corrected chi connectivity index (χ0v) is 11.9. The van der Waals surface area contributed by atoms with Crippen LogP contribution in [0.1, 0.15) is 39.8 Å². The van der Waals surface area contributed by atoms with Gasteiger partial charge in [-0.1, -0.05) is 6.92 Å². The van der Waals surface area contributed by atoms with E-state index in [1.165, 1.54) is 18.5 Å². The van der Waals surface area contributed by atoms with Crippen molar-refractivity contribution in [3.63, 3.8) is 0 Å². The van der Waals surface area contributed by atoms with Crippen LogP contribution >= 0.6 is 0 Å². The first-order chi connectivity index (χ1) is 10.5. The monoisotopic (exact) mass is 298 g/mol. The molecule has 2 aromatic heterocycles. The van der Waals surface area contributed by atoms with Crippen LogP contribution < -0.4 is 10.9 Å². The topological polar surface area (TPSA) is 105 Å². The van der Waals surface area contributed by atoms with Gasteiger partial charge in [-0.2, -0.15) is 0 Å². The van der Waals surface area contributed by atoms with Gasteiger partial charge in [0, 0.05) is 30.1 Å². The van der Waals surface area contributed by atoms with E-state index in [1.807, 2.05) is 6.92 Å². The lowest BCUT2D eigenvalue weighted by Crippen LogP contribution is -2.29. The fourth-order valence-corrected chi connectivity index (χ4v) is 2.53. The second-order valence-electron chi connectivity index (χ2n) is 5.37. The van der Waals surface area contributed by atoms with Gasteiger partial charge in [0.2, 0.25) is 5.95 Å². The molecule has 0 aromatic carbocycles. The number of hydrogen-bond acceptors (Lipinski definition) is 5. The molecule has 112 valence electrons. The van der Waals surface area contributed by atoms with E-state index in [0.717, 1.165) is 0 Å². The van der Waals surface area contributed by atoms with E-state index in [2.05, 4.69) is 20.3 Å². The van der Waals surface area contributed by atoms with Crippen molar-refractivity contribution in [1.82, 2.24) is 15.0 Å². The minimum absolute atomic E-state index is 0.0602. The van der Waals surface area contributed by atoms with Crippen molar-refractivity contribution < 1.29 is 9.59 Å². The Hall–Kier alpha value is -2.83. The summed E-state index contributed by atoms with van der Waals surface area (Å²) in [7, 11) is 0. The van der Waals surface area contributed by atoms with E-state index < -0.39 is 11.5 Å². The van der Waals surface area contributed by atoms with Crippen LogP contribution in [0.5, 0.6) is 0 Å². The van der Waals surface area contributed by atoms with Gasteiger partial charge in [-0.3, -0.25) is 19.7 Å². The normalized spacial score (nSPS) is 17.0. The summed E-state index contributed by atoms with van der Waals surface area (Å²) in [5.74, 6) is -0.408. The third-order valence-electron chi connectivity index (χ3n) is 3.55. The maximum Gasteiger partial charge on any atom is 0.263 e. The highest BCUT2D eigenvalue weighted by atomic mass is 16.2. The third kappa shape index (κ3) is 2.65. The number of Topliss-reactive ketones (excluding diaryl/α,β-unsaturated/α-hetero) is 1. The fraction of sp³-hybridized carbons (Fsp3) is 0.267. The quantitative estimate of drug-likeness (QED) is 0.866. The Morgan fingerprint density at radius 1 is 1.27 bits per heavy atom. The number of hydrogen-bond donors (Lipinski definition) is 2. The fourth-order valence-electron chi connectivity index (χ4n) is 2.53. The number of anilines is 1. The number of nitrogens with one attached hydrogen (secondary N) is 2. The summed E-state index contributed by atoms with van der Waals surface area (Å²) in [4.78, 5) is 46.7. The molecule has 0 saturated heterocycles. The summed E-state index contributed by atoms with van der Waals surface area (Å²) >= 11 is 0. The minimum atomic E-state index is -0.637. The lowest BCUT2D eigenvalue weighted by atomic mass is 9.86. The Balaban J connectivity index is 1.95. The van der Waals surface area contributed by atoms with E-state index in [1.54, 1.807) is 6.07 Å². The summed E-state index contributed by atoms with van der Waals surface area (Å²) in [6.45, 7) is 1.95. The lowest BCUT2D eigenvalue weighted by molar-refractivity contribution is 0.0952. The van der Waals surface area contributed by atoms with Gasteiger partial charge < -0.3 is 4.98 Å². The molecule has 1 amide bonds. The molecule has 1 aliphatic carbocycles. The first kappa shape index (κ1) is 14.1. The SMILES string of the molecule is CC1CC(=O)c2cc(C(=O)Nc3ncccn3)c(=O)[nH]c2C1. The molecule has 1 aliphatic rings. The second kappa shape index (κ2) is 5.51. The van der Waals surface area contributed by atoms with Crippen molar-refractivity contribution in [3.8, 4) is 0 Å². The summed E-state index contributed by atoms with van der Waals surface area (Å²) < 4.78 is 0. The number of carbonyl (C=O) groups excluding carboxylic acids is 2. The second-order valence-corrected chi connectivity index (χ2v) is 5.37. The molecule has 1 unspecified atom stereocenters. The van der Waals surface area contributed by atoms with Crippen LogP contribution in [0.2, 0.25) is 0 Å². The molecule has 0 spiro atoms. The molecule has 0 radical (unpaired) electrons. The highest BCUT2D eigenvalue weighted by Gasteiger charge is 2.25. The van der Waals surface area contributed by atoms with Crippen LogP contribution in [-0.2, 0) is 6.42 Å². The van der Waals surface area contributed by atoms with Crippen molar-refractivity contribution >= 4 is 17.6 Å². The number of pyridine rings is 1. The predicted molar refractivity (Wildman–Crippen MR) is 78.9 cm³/mol. The highest BCUT2D eigenvalue weighted by Crippen LogP contribution is 2.23. The van der Waals surface area contributed by atoms with Crippen molar-refractivity contribution in [3.05, 3.63) is 51.7 Å². The molecule has 3 rings (SSSR count). The molecular formula is C15H14N4O3. The smallest absolute Gasteiger partial charge is 0.263 e. The van der Waals surface area contributed by atoms with Crippen LogP contribution in [0.25, 0.3) is 0 Å². The van der Waals surface area contributed by atoms with Crippen LogP contribution in [0.3, 0.4) is 0 Å². The van der Waals surface area contributed by atoms with Gasteiger partial charge in [-0.05, 0) is 24.5 Å². The molecule has 0 saturated carbocycles. The van der Waals surface area contributed by atoms with Gasteiger partial charge in [-0.15, -0.1) is 0 Å². The molecule has 0 aliphatic heterocycles. The summed E-state index contributed by atoms with van der Waals surface area (Å²) in [5.41, 5.74) is 0.376. The Kier molecular flexibility index (Phi) is 3.54. The Morgan fingerprint density at radius 3 is 2.73 bits per heavy atom. The average molecular weight is 298 g/mol.